The molecule has 1 saturated carbocycles. The summed E-state index contributed by atoms with van der Waals surface area (Å²) in [5.74, 6) is -0.977. The first-order valence-corrected chi connectivity index (χ1v) is 7.84. The van der Waals surface area contributed by atoms with E-state index in [9.17, 15) is 19.8 Å². The lowest BCUT2D eigenvalue weighted by atomic mass is 10.0. The van der Waals surface area contributed by atoms with Crippen molar-refractivity contribution < 1.29 is 15.0 Å². The molecule has 1 aromatic carbocycles. The molecular formula is C17H20N2O4. The molecule has 6 nitrogen and oxygen atoms in total. The van der Waals surface area contributed by atoms with Gasteiger partial charge in [-0.15, -0.1) is 0 Å². The van der Waals surface area contributed by atoms with Crippen molar-refractivity contribution in [1.82, 2.24) is 9.88 Å². The van der Waals surface area contributed by atoms with Crippen molar-refractivity contribution >= 4 is 16.8 Å². The normalized spacial score (nSPS) is 14.2. The molecule has 1 fully saturated rings. The maximum Gasteiger partial charge on any atom is 0.256 e. The van der Waals surface area contributed by atoms with E-state index in [1.165, 1.54) is 6.07 Å². The van der Waals surface area contributed by atoms with E-state index in [-0.39, 0.29) is 28.5 Å². The Bertz CT molecular complexity index is 850. The van der Waals surface area contributed by atoms with Crippen molar-refractivity contribution in [2.24, 2.45) is 0 Å². The van der Waals surface area contributed by atoms with Gasteiger partial charge in [0.2, 0.25) is 5.43 Å². The van der Waals surface area contributed by atoms with Crippen molar-refractivity contribution in [3.63, 3.8) is 0 Å². The van der Waals surface area contributed by atoms with Gasteiger partial charge in [-0.2, -0.15) is 0 Å². The number of fused-ring (bicyclic) bond motifs is 1. The average molecular weight is 316 g/mol. The number of carbonyl (C=O) groups excluding carboxylic acids is 1. The largest absolute Gasteiger partial charge is 0.504 e. The van der Waals surface area contributed by atoms with Crippen LogP contribution in [0, 0.1) is 6.92 Å². The van der Waals surface area contributed by atoms with Crippen LogP contribution in [0.4, 0.5) is 0 Å². The standard InChI is InChI=1S/C17H20N2O4/c1-3-6-18-17(23)11-8-19(10-4-5-10)12-7-13(20)15(21)9(2)14(12)16(11)22/h7-8,10,20-21H,3-6H2,1-2H3,(H,18,23). The molecule has 0 spiro atoms. The first-order chi connectivity index (χ1) is 11.0. The SMILES string of the molecule is CCCNC(=O)c1cn(C2CC2)c2cc(O)c(O)c(C)c2c1=O. The fourth-order valence-corrected chi connectivity index (χ4v) is 2.82. The predicted molar refractivity (Wildman–Crippen MR) is 87.2 cm³/mol. The Kier molecular flexibility index (Phi) is 3.75. The van der Waals surface area contributed by atoms with Gasteiger partial charge in [-0.05, 0) is 26.2 Å². The molecule has 1 aliphatic carbocycles. The summed E-state index contributed by atoms with van der Waals surface area (Å²) in [6.45, 7) is 4.01. The summed E-state index contributed by atoms with van der Waals surface area (Å²) in [6, 6.07) is 1.62. The van der Waals surface area contributed by atoms with Crippen LogP contribution >= 0.6 is 0 Å². The number of aromatic nitrogens is 1. The second-order valence-electron chi connectivity index (χ2n) is 6.03. The molecule has 0 radical (unpaired) electrons. The Labute approximate surface area is 133 Å². The van der Waals surface area contributed by atoms with Crippen LogP contribution in [0.25, 0.3) is 10.9 Å². The van der Waals surface area contributed by atoms with E-state index < -0.39 is 11.3 Å². The first kappa shape index (κ1) is 15.4. The monoisotopic (exact) mass is 316 g/mol. The van der Waals surface area contributed by atoms with Gasteiger partial charge in [-0.1, -0.05) is 6.92 Å². The number of phenols is 2. The van der Waals surface area contributed by atoms with Crippen molar-refractivity contribution in [2.45, 2.75) is 39.2 Å². The Morgan fingerprint density at radius 3 is 2.70 bits per heavy atom. The summed E-state index contributed by atoms with van der Waals surface area (Å²) in [6.07, 6.45) is 4.29. The molecule has 6 heteroatoms. The number of aryl methyl sites for hydroxylation is 1. The number of hydrogen-bond acceptors (Lipinski definition) is 4. The minimum absolute atomic E-state index is 0.0750. The molecule has 1 aliphatic rings. The van der Waals surface area contributed by atoms with Crippen LogP contribution in [0.2, 0.25) is 0 Å². The minimum Gasteiger partial charge on any atom is -0.504 e. The van der Waals surface area contributed by atoms with Crippen LogP contribution in [-0.2, 0) is 0 Å². The smallest absolute Gasteiger partial charge is 0.256 e. The van der Waals surface area contributed by atoms with Gasteiger partial charge in [-0.3, -0.25) is 9.59 Å². The fourth-order valence-electron chi connectivity index (χ4n) is 2.82. The quantitative estimate of drug-likeness (QED) is 0.754. The number of nitrogens with one attached hydrogen (secondary N) is 1. The van der Waals surface area contributed by atoms with Crippen molar-refractivity contribution in [2.75, 3.05) is 6.54 Å². The summed E-state index contributed by atoms with van der Waals surface area (Å²) in [7, 11) is 0. The minimum atomic E-state index is -0.418. The molecule has 3 rings (SSSR count). The van der Waals surface area contributed by atoms with Crippen molar-refractivity contribution in [3.05, 3.63) is 33.6 Å². The molecule has 0 bridgehead atoms. The van der Waals surface area contributed by atoms with Gasteiger partial charge >= 0.3 is 0 Å². The third kappa shape index (κ3) is 2.54. The fraction of sp³-hybridized carbons (Fsp3) is 0.412. The van der Waals surface area contributed by atoms with E-state index >= 15 is 0 Å². The number of pyridine rings is 1. The summed E-state index contributed by atoms with van der Waals surface area (Å²) in [5.41, 5.74) is 0.506. The van der Waals surface area contributed by atoms with Crippen LogP contribution in [0.1, 0.15) is 48.1 Å². The molecule has 0 saturated heterocycles. The van der Waals surface area contributed by atoms with Crippen molar-refractivity contribution in [3.8, 4) is 11.5 Å². The van der Waals surface area contributed by atoms with Gasteiger partial charge in [0.25, 0.3) is 5.91 Å². The molecule has 0 aliphatic heterocycles. The maximum absolute atomic E-state index is 12.7. The molecule has 0 unspecified atom stereocenters. The molecule has 1 aromatic heterocycles. The van der Waals surface area contributed by atoms with Crippen LogP contribution in [0.5, 0.6) is 11.5 Å². The van der Waals surface area contributed by atoms with Gasteiger partial charge in [0, 0.05) is 30.4 Å². The Hall–Kier alpha value is -2.50. The lowest BCUT2D eigenvalue weighted by molar-refractivity contribution is 0.0952. The number of amides is 1. The molecule has 23 heavy (non-hydrogen) atoms. The molecule has 0 atom stereocenters. The zero-order valence-electron chi connectivity index (χ0n) is 13.2. The zero-order valence-corrected chi connectivity index (χ0v) is 13.2. The lowest BCUT2D eigenvalue weighted by Gasteiger charge is -2.15. The van der Waals surface area contributed by atoms with E-state index in [1.807, 2.05) is 11.5 Å². The Balaban J connectivity index is 2.29. The number of nitrogens with zero attached hydrogens (tertiary/aromatic N) is 1. The number of aromatic hydroxyl groups is 2. The second kappa shape index (κ2) is 5.61. The third-order valence-electron chi connectivity index (χ3n) is 4.24. The van der Waals surface area contributed by atoms with Gasteiger partial charge < -0.3 is 20.1 Å². The topological polar surface area (TPSA) is 91.6 Å². The lowest BCUT2D eigenvalue weighted by Crippen LogP contribution is -2.30. The molecule has 1 heterocycles. The number of phenolic OH excluding ortho intramolecular Hbond substituents is 2. The summed E-state index contributed by atoms with van der Waals surface area (Å²) >= 11 is 0. The number of carbonyl (C=O) groups is 1. The Morgan fingerprint density at radius 2 is 2.09 bits per heavy atom. The zero-order chi connectivity index (χ0) is 16.7. The van der Waals surface area contributed by atoms with E-state index in [4.69, 9.17) is 0 Å². The highest BCUT2D eigenvalue weighted by atomic mass is 16.3. The van der Waals surface area contributed by atoms with E-state index in [1.54, 1.807) is 13.1 Å². The van der Waals surface area contributed by atoms with Crippen LogP contribution in [0.15, 0.2) is 17.1 Å². The highest BCUT2D eigenvalue weighted by molar-refractivity contribution is 5.98. The highest BCUT2D eigenvalue weighted by Crippen LogP contribution is 2.40. The number of hydrogen-bond donors (Lipinski definition) is 3. The van der Waals surface area contributed by atoms with E-state index in [0.29, 0.717) is 17.6 Å². The maximum atomic E-state index is 12.7. The Morgan fingerprint density at radius 1 is 1.39 bits per heavy atom. The first-order valence-electron chi connectivity index (χ1n) is 7.84. The average Bonchev–Trinajstić information content (AvgIpc) is 3.35. The molecule has 1 amide bonds. The van der Waals surface area contributed by atoms with Crippen LogP contribution in [0.3, 0.4) is 0 Å². The highest BCUT2D eigenvalue weighted by Gasteiger charge is 2.28. The van der Waals surface area contributed by atoms with Gasteiger partial charge in [0.1, 0.15) is 5.56 Å². The second-order valence-corrected chi connectivity index (χ2v) is 6.03. The number of rotatable bonds is 4. The van der Waals surface area contributed by atoms with Crippen LogP contribution in [-0.4, -0.2) is 27.2 Å². The van der Waals surface area contributed by atoms with Gasteiger partial charge in [0.15, 0.2) is 11.5 Å². The van der Waals surface area contributed by atoms with Crippen molar-refractivity contribution in [1.29, 1.82) is 0 Å². The van der Waals surface area contributed by atoms with Gasteiger partial charge in [-0.25, -0.2) is 0 Å². The summed E-state index contributed by atoms with van der Waals surface area (Å²) < 4.78 is 1.86. The summed E-state index contributed by atoms with van der Waals surface area (Å²) in [4.78, 5) is 25.0. The molecular weight excluding hydrogens is 296 g/mol. The van der Waals surface area contributed by atoms with E-state index in [2.05, 4.69) is 5.32 Å². The molecule has 122 valence electrons. The van der Waals surface area contributed by atoms with Gasteiger partial charge in [0.05, 0.1) is 10.9 Å². The number of benzene rings is 1. The predicted octanol–water partition coefficient (Wildman–Crippen LogP) is 2.20. The summed E-state index contributed by atoms with van der Waals surface area (Å²) in [5, 5.41) is 22.8. The third-order valence-corrected chi connectivity index (χ3v) is 4.24. The van der Waals surface area contributed by atoms with Crippen LogP contribution < -0.4 is 10.7 Å². The van der Waals surface area contributed by atoms with E-state index in [0.717, 1.165) is 19.3 Å². The molecule has 2 aromatic rings. The molecule has 3 N–H and O–H groups in total.